The largest absolute Gasteiger partial charge is 0.469 e. The van der Waals surface area contributed by atoms with E-state index in [2.05, 4.69) is 35.8 Å². The zero-order valence-electron chi connectivity index (χ0n) is 15.7. The van der Waals surface area contributed by atoms with E-state index in [1.165, 1.54) is 18.4 Å². The molecule has 1 amide bonds. The number of esters is 2. The van der Waals surface area contributed by atoms with Crippen LogP contribution in [0.2, 0.25) is 0 Å². The van der Waals surface area contributed by atoms with E-state index in [4.69, 9.17) is 4.74 Å². The maximum absolute atomic E-state index is 12.1. The summed E-state index contributed by atoms with van der Waals surface area (Å²) in [4.78, 5) is 39.3. The Kier molecular flexibility index (Phi) is 6.68. The first-order valence-electron chi connectivity index (χ1n) is 8.28. The SMILES string of the molecule is COC(=O)Cc1csc(NC(=O)COC(=O)c2ccc(C(C)(C)C)cc2)n1. The van der Waals surface area contributed by atoms with Crippen molar-refractivity contribution in [2.75, 3.05) is 19.0 Å². The number of nitrogens with one attached hydrogen (secondary N) is 1. The Hall–Kier alpha value is -2.74. The van der Waals surface area contributed by atoms with Crippen LogP contribution in [0.25, 0.3) is 0 Å². The van der Waals surface area contributed by atoms with Crippen LogP contribution < -0.4 is 5.32 Å². The number of amides is 1. The molecule has 1 heterocycles. The summed E-state index contributed by atoms with van der Waals surface area (Å²) in [5, 5.41) is 4.50. The van der Waals surface area contributed by atoms with Crippen LogP contribution in [0.5, 0.6) is 0 Å². The van der Waals surface area contributed by atoms with Crippen LogP contribution in [-0.4, -0.2) is 36.5 Å². The van der Waals surface area contributed by atoms with Crippen molar-refractivity contribution in [3.05, 3.63) is 46.5 Å². The molecule has 0 atom stereocenters. The van der Waals surface area contributed by atoms with E-state index in [-0.39, 0.29) is 11.8 Å². The van der Waals surface area contributed by atoms with Gasteiger partial charge in [-0.2, -0.15) is 0 Å². The fourth-order valence-corrected chi connectivity index (χ4v) is 2.87. The first kappa shape index (κ1) is 20.6. The predicted octanol–water partition coefficient (Wildman–Crippen LogP) is 2.95. The Labute approximate surface area is 161 Å². The highest BCUT2D eigenvalue weighted by Gasteiger charge is 2.16. The van der Waals surface area contributed by atoms with E-state index in [1.54, 1.807) is 17.5 Å². The van der Waals surface area contributed by atoms with Gasteiger partial charge in [-0.15, -0.1) is 11.3 Å². The summed E-state index contributed by atoms with van der Waals surface area (Å²) in [5.74, 6) is -1.49. The quantitative estimate of drug-likeness (QED) is 0.762. The van der Waals surface area contributed by atoms with E-state index in [9.17, 15) is 14.4 Å². The van der Waals surface area contributed by atoms with Crippen molar-refractivity contribution in [1.82, 2.24) is 4.98 Å². The standard InChI is InChI=1S/C19H22N2O5S/c1-19(2,3)13-7-5-12(6-8-13)17(24)26-10-15(22)21-18-20-14(11-27-18)9-16(23)25-4/h5-8,11H,9-10H2,1-4H3,(H,20,21,22). The highest BCUT2D eigenvalue weighted by atomic mass is 32.1. The molecule has 0 aliphatic carbocycles. The second kappa shape index (κ2) is 8.77. The number of hydrogen-bond acceptors (Lipinski definition) is 7. The van der Waals surface area contributed by atoms with Crippen LogP contribution >= 0.6 is 11.3 Å². The summed E-state index contributed by atoms with van der Waals surface area (Å²) >= 11 is 1.17. The molecule has 1 aromatic carbocycles. The van der Waals surface area contributed by atoms with Crippen molar-refractivity contribution in [3.8, 4) is 0 Å². The number of aromatic nitrogens is 1. The fraction of sp³-hybridized carbons (Fsp3) is 0.368. The highest BCUT2D eigenvalue weighted by Crippen LogP contribution is 2.22. The second-order valence-electron chi connectivity index (χ2n) is 6.85. The van der Waals surface area contributed by atoms with Crippen LogP contribution in [0.15, 0.2) is 29.6 Å². The number of anilines is 1. The van der Waals surface area contributed by atoms with Crippen molar-refractivity contribution in [2.45, 2.75) is 32.6 Å². The molecule has 0 bridgehead atoms. The minimum absolute atomic E-state index is 0.0112. The molecule has 2 aromatic rings. The number of carbonyl (C=O) groups excluding carboxylic acids is 3. The molecule has 144 valence electrons. The van der Waals surface area contributed by atoms with E-state index in [0.29, 0.717) is 16.4 Å². The van der Waals surface area contributed by atoms with E-state index >= 15 is 0 Å². The number of benzene rings is 1. The number of methoxy groups -OCH3 is 1. The van der Waals surface area contributed by atoms with Gasteiger partial charge in [0.15, 0.2) is 11.7 Å². The topological polar surface area (TPSA) is 94.6 Å². The van der Waals surface area contributed by atoms with Crippen molar-refractivity contribution >= 4 is 34.3 Å². The van der Waals surface area contributed by atoms with Gasteiger partial charge in [0.2, 0.25) is 0 Å². The lowest BCUT2D eigenvalue weighted by atomic mass is 9.87. The lowest BCUT2D eigenvalue weighted by Crippen LogP contribution is -2.21. The third kappa shape index (κ3) is 6.18. The minimum Gasteiger partial charge on any atom is -0.469 e. The van der Waals surface area contributed by atoms with Crippen LogP contribution in [0.3, 0.4) is 0 Å². The Morgan fingerprint density at radius 2 is 1.81 bits per heavy atom. The van der Waals surface area contributed by atoms with Gasteiger partial charge in [0.05, 0.1) is 24.8 Å². The van der Waals surface area contributed by atoms with E-state index < -0.39 is 24.5 Å². The first-order valence-corrected chi connectivity index (χ1v) is 9.15. The number of carbonyl (C=O) groups is 3. The molecule has 2 rings (SSSR count). The van der Waals surface area contributed by atoms with Crippen LogP contribution in [-0.2, 0) is 30.9 Å². The van der Waals surface area contributed by atoms with Crippen molar-refractivity contribution in [3.63, 3.8) is 0 Å². The molecule has 0 aliphatic rings. The Morgan fingerprint density at radius 3 is 2.41 bits per heavy atom. The van der Waals surface area contributed by atoms with Crippen molar-refractivity contribution in [2.24, 2.45) is 0 Å². The molecule has 0 unspecified atom stereocenters. The van der Waals surface area contributed by atoms with Crippen molar-refractivity contribution in [1.29, 1.82) is 0 Å². The molecule has 1 N–H and O–H groups in total. The molecule has 0 radical (unpaired) electrons. The molecule has 0 saturated carbocycles. The second-order valence-corrected chi connectivity index (χ2v) is 7.71. The maximum atomic E-state index is 12.1. The lowest BCUT2D eigenvalue weighted by Gasteiger charge is -2.18. The van der Waals surface area contributed by atoms with Crippen LogP contribution in [0, 0.1) is 0 Å². The van der Waals surface area contributed by atoms with Gasteiger partial charge < -0.3 is 9.47 Å². The summed E-state index contributed by atoms with van der Waals surface area (Å²) in [6.07, 6.45) is 0.0302. The summed E-state index contributed by atoms with van der Waals surface area (Å²) < 4.78 is 9.59. The van der Waals surface area contributed by atoms with Gasteiger partial charge in [0.25, 0.3) is 5.91 Å². The number of ether oxygens (including phenoxy) is 2. The molecule has 0 saturated heterocycles. The number of rotatable bonds is 6. The fourth-order valence-electron chi connectivity index (χ4n) is 2.14. The summed E-state index contributed by atoms with van der Waals surface area (Å²) in [6.45, 7) is 5.82. The summed E-state index contributed by atoms with van der Waals surface area (Å²) in [5.41, 5.74) is 1.97. The Bertz CT molecular complexity index is 821. The molecule has 8 heteroatoms. The molecule has 0 fully saturated rings. The zero-order chi connectivity index (χ0) is 20.0. The predicted molar refractivity (Wildman–Crippen MR) is 102 cm³/mol. The number of nitrogens with zero attached hydrogens (tertiary/aromatic N) is 1. The lowest BCUT2D eigenvalue weighted by molar-refractivity contribution is -0.139. The minimum atomic E-state index is -0.573. The number of hydrogen-bond donors (Lipinski definition) is 1. The third-order valence-corrected chi connectivity index (χ3v) is 4.48. The third-order valence-electron chi connectivity index (χ3n) is 3.67. The van der Waals surface area contributed by atoms with E-state index in [1.807, 2.05) is 12.1 Å². The summed E-state index contributed by atoms with van der Waals surface area (Å²) in [6, 6.07) is 7.10. The molecule has 1 aromatic heterocycles. The summed E-state index contributed by atoms with van der Waals surface area (Å²) in [7, 11) is 1.29. The zero-order valence-corrected chi connectivity index (χ0v) is 16.5. The Morgan fingerprint density at radius 1 is 1.15 bits per heavy atom. The monoisotopic (exact) mass is 390 g/mol. The van der Waals surface area contributed by atoms with Crippen molar-refractivity contribution < 1.29 is 23.9 Å². The van der Waals surface area contributed by atoms with Gasteiger partial charge in [-0.1, -0.05) is 32.9 Å². The molecule has 0 spiro atoms. The van der Waals surface area contributed by atoms with Gasteiger partial charge in [0, 0.05) is 5.38 Å². The van der Waals surface area contributed by atoms with Gasteiger partial charge in [-0.3, -0.25) is 14.9 Å². The molecule has 0 aliphatic heterocycles. The van der Waals surface area contributed by atoms with Gasteiger partial charge in [-0.25, -0.2) is 9.78 Å². The molecular weight excluding hydrogens is 368 g/mol. The average molecular weight is 390 g/mol. The van der Waals surface area contributed by atoms with Gasteiger partial charge >= 0.3 is 11.9 Å². The first-order chi connectivity index (χ1) is 12.7. The molecule has 27 heavy (non-hydrogen) atoms. The smallest absolute Gasteiger partial charge is 0.338 e. The van der Waals surface area contributed by atoms with Gasteiger partial charge in [-0.05, 0) is 23.1 Å². The average Bonchev–Trinajstić information content (AvgIpc) is 3.05. The number of thiazole rings is 1. The normalized spacial score (nSPS) is 11.0. The van der Waals surface area contributed by atoms with E-state index in [0.717, 1.165) is 5.56 Å². The Balaban J connectivity index is 1.84. The van der Waals surface area contributed by atoms with Crippen LogP contribution in [0.1, 0.15) is 42.4 Å². The highest BCUT2D eigenvalue weighted by molar-refractivity contribution is 7.13. The van der Waals surface area contributed by atoms with Crippen LogP contribution in [0.4, 0.5) is 5.13 Å². The molecule has 7 nitrogen and oxygen atoms in total. The molecular formula is C19H22N2O5S. The maximum Gasteiger partial charge on any atom is 0.338 e. The van der Waals surface area contributed by atoms with Gasteiger partial charge in [0.1, 0.15) is 0 Å².